The van der Waals surface area contributed by atoms with E-state index in [1.807, 2.05) is 0 Å². The van der Waals surface area contributed by atoms with E-state index in [1.165, 1.54) is 0 Å². The highest BCUT2D eigenvalue weighted by Crippen LogP contribution is 2.18. The van der Waals surface area contributed by atoms with Gasteiger partial charge in [-0.25, -0.2) is 0 Å². The van der Waals surface area contributed by atoms with Crippen molar-refractivity contribution in [2.24, 2.45) is 5.41 Å². The Morgan fingerprint density at radius 1 is 1.37 bits per heavy atom. The van der Waals surface area contributed by atoms with Crippen LogP contribution in [0.1, 0.15) is 29.8 Å². The van der Waals surface area contributed by atoms with Crippen molar-refractivity contribution < 1.29 is 19.4 Å². The van der Waals surface area contributed by atoms with Crippen LogP contribution in [0.3, 0.4) is 0 Å². The maximum absolute atomic E-state index is 12.0. The molecule has 0 aliphatic carbocycles. The maximum atomic E-state index is 12.0. The second-order valence-corrected chi connectivity index (χ2v) is 5.05. The number of hydrogen-bond donors (Lipinski definition) is 2. The molecule has 0 saturated carbocycles. The second kappa shape index (κ2) is 5.73. The molecule has 0 spiro atoms. The summed E-state index contributed by atoms with van der Waals surface area (Å²) in [5.41, 5.74) is 0.308. The molecule has 0 saturated heterocycles. The average molecular weight is 265 g/mol. The fourth-order valence-corrected chi connectivity index (χ4v) is 1.49. The van der Waals surface area contributed by atoms with Crippen LogP contribution in [0.4, 0.5) is 0 Å². The van der Waals surface area contributed by atoms with Gasteiger partial charge in [0.05, 0.1) is 12.5 Å². The minimum atomic E-state index is -0.990. The topological polar surface area (TPSA) is 75.6 Å². The average Bonchev–Trinajstić information content (AvgIpc) is 2.35. The van der Waals surface area contributed by atoms with Crippen molar-refractivity contribution in [3.05, 3.63) is 29.3 Å². The number of nitrogens with one attached hydrogen (secondary N) is 1. The molecule has 19 heavy (non-hydrogen) atoms. The van der Waals surface area contributed by atoms with Crippen molar-refractivity contribution in [3.63, 3.8) is 0 Å². The number of carboxylic acids is 1. The molecule has 0 bridgehead atoms. The molecule has 5 nitrogen and oxygen atoms in total. The molecule has 1 rings (SSSR count). The van der Waals surface area contributed by atoms with Crippen LogP contribution in [0.15, 0.2) is 18.2 Å². The number of carbonyl (C=O) groups excluding carboxylic acids is 1. The first-order valence-corrected chi connectivity index (χ1v) is 5.94. The van der Waals surface area contributed by atoms with Gasteiger partial charge in [0.2, 0.25) is 0 Å². The Labute approximate surface area is 112 Å². The van der Waals surface area contributed by atoms with Gasteiger partial charge in [-0.05, 0) is 44.5 Å². The Kier molecular flexibility index (Phi) is 4.53. The first-order valence-electron chi connectivity index (χ1n) is 5.94. The van der Waals surface area contributed by atoms with E-state index >= 15 is 0 Å². The summed E-state index contributed by atoms with van der Waals surface area (Å²) in [6, 6.07) is 5.12. The molecule has 0 radical (unpaired) electrons. The quantitative estimate of drug-likeness (QED) is 0.851. The van der Waals surface area contributed by atoms with Crippen LogP contribution in [0.2, 0.25) is 0 Å². The van der Waals surface area contributed by atoms with Crippen LogP contribution in [-0.4, -0.2) is 30.6 Å². The van der Waals surface area contributed by atoms with Crippen LogP contribution in [-0.2, 0) is 4.79 Å². The SMILES string of the molecule is COc1ccc(C(=O)NCC(C)(C)C(=O)O)c(C)c1. The lowest BCUT2D eigenvalue weighted by molar-refractivity contribution is -0.146. The molecule has 1 amide bonds. The van der Waals surface area contributed by atoms with Crippen molar-refractivity contribution >= 4 is 11.9 Å². The number of aliphatic carboxylic acids is 1. The standard InChI is InChI=1S/C14H19NO4/c1-9-7-10(19-4)5-6-11(9)12(16)15-8-14(2,3)13(17)18/h5-7H,8H2,1-4H3,(H,15,16)(H,17,18). The third-order valence-corrected chi connectivity index (χ3v) is 2.95. The number of carboxylic acid groups (broad SMARTS) is 1. The van der Waals surface area contributed by atoms with E-state index < -0.39 is 11.4 Å². The monoisotopic (exact) mass is 265 g/mol. The largest absolute Gasteiger partial charge is 0.497 e. The molecule has 0 aliphatic rings. The van der Waals surface area contributed by atoms with E-state index in [0.717, 1.165) is 5.56 Å². The lowest BCUT2D eigenvalue weighted by atomic mass is 9.93. The number of aryl methyl sites for hydroxylation is 1. The van der Waals surface area contributed by atoms with Crippen molar-refractivity contribution in [2.45, 2.75) is 20.8 Å². The normalized spacial score (nSPS) is 10.9. The number of amides is 1. The first kappa shape index (κ1) is 15.0. The number of methoxy groups -OCH3 is 1. The van der Waals surface area contributed by atoms with Crippen LogP contribution < -0.4 is 10.1 Å². The lowest BCUT2D eigenvalue weighted by Crippen LogP contribution is -2.39. The number of benzene rings is 1. The zero-order valence-electron chi connectivity index (χ0n) is 11.6. The van der Waals surface area contributed by atoms with Gasteiger partial charge >= 0.3 is 5.97 Å². The molecule has 0 aromatic heterocycles. The van der Waals surface area contributed by atoms with Crippen LogP contribution in [0, 0.1) is 12.3 Å². The van der Waals surface area contributed by atoms with Gasteiger partial charge in [0.25, 0.3) is 5.91 Å². The fraction of sp³-hybridized carbons (Fsp3) is 0.429. The van der Waals surface area contributed by atoms with Gasteiger partial charge < -0.3 is 15.2 Å². The van der Waals surface area contributed by atoms with E-state index in [1.54, 1.807) is 46.1 Å². The fourth-order valence-electron chi connectivity index (χ4n) is 1.49. The maximum Gasteiger partial charge on any atom is 0.310 e. The molecule has 2 N–H and O–H groups in total. The van der Waals surface area contributed by atoms with Gasteiger partial charge in [0.15, 0.2) is 0 Å². The van der Waals surface area contributed by atoms with Gasteiger partial charge in [-0.2, -0.15) is 0 Å². The Morgan fingerprint density at radius 2 is 2.00 bits per heavy atom. The van der Waals surface area contributed by atoms with Crippen LogP contribution in [0.5, 0.6) is 5.75 Å². The minimum absolute atomic E-state index is 0.0760. The third-order valence-electron chi connectivity index (χ3n) is 2.95. The van der Waals surface area contributed by atoms with Crippen molar-refractivity contribution in [1.82, 2.24) is 5.32 Å². The minimum Gasteiger partial charge on any atom is -0.497 e. The molecular formula is C14H19NO4. The highest BCUT2D eigenvalue weighted by Gasteiger charge is 2.27. The Morgan fingerprint density at radius 3 is 2.47 bits per heavy atom. The van der Waals surface area contributed by atoms with Gasteiger partial charge in [-0.3, -0.25) is 9.59 Å². The van der Waals surface area contributed by atoms with Gasteiger partial charge in [0.1, 0.15) is 5.75 Å². The first-order chi connectivity index (χ1) is 8.77. The number of ether oxygens (including phenoxy) is 1. The van der Waals surface area contributed by atoms with E-state index in [0.29, 0.717) is 11.3 Å². The zero-order chi connectivity index (χ0) is 14.6. The molecule has 0 atom stereocenters. The molecule has 0 aliphatic heterocycles. The zero-order valence-corrected chi connectivity index (χ0v) is 11.6. The van der Waals surface area contributed by atoms with E-state index in [9.17, 15) is 9.59 Å². The van der Waals surface area contributed by atoms with E-state index in [4.69, 9.17) is 9.84 Å². The Balaban J connectivity index is 2.77. The van der Waals surface area contributed by atoms with E-state index in [2.05, 4.69) is 5.32 Å². The molecular weight excluding hydrogens is 246 g/mol. The third kappa shape index (κ3) is 3.71. The summed E-state index contributed by atoms with van der Waals surface area (Å²) in [4.78, 5) is 22.9. The highest BCUT2D eigenvalue weighted by atomic mass is 16.5. The van der Waals surface area contributed by atoms with Gasteiger partial charge in [-0.15, -0.1) is 0 Å². The summed E-state index contributed by atoms with van der Waals surface area (Å²) in [5, 5.41) is 11.6. The van der Waals surface area contributed by atoms with Gasteiger partial charge in [0, 0.05) is 12.1 Å². The predicted molar refractivity (Wildman–Crippen MR) is 71.5 cm³/mol. The number of rotatable bonds is 5. The Bertz CT molecular complexity index is 494. The summed E-state index contributed by atoms with van der Waals surface area (Å²) >= 11 is 0. The molecule has 1 aromatic rings. The van der Waals surface area contributed by atoms with Crippen LogP contribution in [0.25, 0.3) is 0 Å². The summed E-state index contributed by atoms with van der Waals surface area (Å²) in [5.74, 6) is -0.548. The summed E-state index contributed by atoms with van der Waals surface area (Å²) < 4.78 is 5.07. The summed E-state index contributed by atoms with van der Waals surface area (Å²) in [6.45, 7) is 5.01. The van der Waals surface area contributed by atoms with Crippen LogP contribution >= 0.6 is 0 Å². The number of hydrogen-bond acceptors (Lipinski definition) is 3. The molecule has 5 heteroatoms. The van der Waals surface area contributed by atoms with Crippen molar-refractivity contribution in [3.8, 4) is 5.75 Å². The van der Waals surface area contributed by atoms with E-state index in [-0.39, 0.29) is 12.5 Å². The highest BCUT2D eigenvalue weighted by molar-refractivity contribution is 5.96. The van der Waals surface area contributed by atoms with Crippen molar-refractivity contribution in [1.29, 1.82) is 0 Å². The lowest BCUT2D eigenvalue weighted by Gasteiger charge is -2.19. The molecule has 0 fully saturated rings. The van der Waals surface area contributed by atoms with Crippen molar-refractivity contribution in [2.75, 3.05) is 13.7 Å². The molecule has 0 heterocycles. The summed E-state index contributed by atoms with van der Waals surface area (Å²) in [6.07, 6.45) is 0. The molecule has 104 valence electrons. The summed E-state index contributed by atoms with van der Waals surface area (Å²) in [7, 11) is 1.56. The second-order valence-electron chi connectivity index (χ2n) is 5.05. The predicted octanol–water partition coefficient (Wildman–Crippen LogP) is 1.84. The molecule has 0 unspecified atom stereocenters. The molecule has 1 aromatic carbocycles. The Hall–Kier alpha value is -2.04. The smallest absolute Gasteiger partial charge is 0.310 e. The number of carbonyl (C=O) groups is 2. The van der Waals surface area contributed by atoms with Gasteiger partial charge in [-0.1, -0.05) is 0 Å².